The second-order valence-corrected chi connectivity index (χ2v) is 7.17. The van der Waals surface area contributed by atoms with Crippen LogP contribution in [0.3, 0.4) is 0 Å². The highest BCUT2D eigenvalue weighted by Gasteiger charge is 2.15. The molecule has 3 aromatic carbocycles. The molecular formula is C22H26B2N2O4. The average molecular weight is 404 g/mol. The third-order valence-electron chi connectivity index (χ3n) is 4.98. The fraction of sp³-hybridized carbons (Fsp3) is 0.182. The van der Waals surface area contributed by atoms with Crippen LogP contribution in [-0.4, -0.2) is 34.3 Å². The number of hydrogen-bond donors (Lipinski definition) is 6. The highest BCUT2D eigenvalue weighted by molar-refractivity contribution is 6.59. The highest BCUT2D eigenvalue weighted by Crippen LogP contribution is 2.06. The second-order valence-electron chi connectivity index (χ2n) is 7.17. The van der Waals surface area contributed by atoms with E-state index in [1.165, 1.54) is 0 Å². The first-order chi connectivity index (χ1) is 14.5. The van der Waals surface area contributed by atoms with E-state index >= 15 is 0 Å². The van der Waals surface area contributed by atoms with Crippen molar-refractivity contribution >= 4 is 25.2 Å². The molecular weight excluding hydrogens is 378 g/mol. The molecule has 0 aliphatic carbocycles. The Morgan fingerprint density at radius 1 is 0.500 bits per heavy atom. The van der Waals surface area contributed by atoms with Gasteiger partial charge in [0.05, 0.1) is 0 Å². The van der Waals surface area contributed by atoms with E-state index in [-0.39, 0.29) is 0 Å². The van der Waals surface area contributed by atoms with Crippen molar-refractivity contribution in [3.63, 3.8) is 0 Å². The van der Waals surface area contributed by atoms with Crippen LogP contribution in [0.25, 0.3) is 0 Å². The first-order valence-corrected chi connectivity index (χ1v) is 9.91. The lowest BCUT2D eigenvalue weighted by molar-refractivity contribution is 0.424. The van der Waals surface area contributed by atoms with Crippen molar-refractivity contribution in [2.75, 3.05) is 0 Å². The van der Waals surface area contributed by atoms with E-state index < -0.39 is 14.2 Å². The first kappa shape index (κ1) is 22.2. The maximum absolute atomic E-state index is 9.43. The van der Waals surface area contributed by atoms with Crippen molar-refractivity contribution in [3.8, 4) is 0 Å². The largest absolute Gasteiger partial charge is 0.488 e. The van der Waals surface area contributed by atoms with Gasteiger partial charge >= 0.3 is 14.2 Å². The predicted octanol–water partition coefficient (Wildman–Crippen LogP) is -0.374. The Morgan fingerprint density at radius 3 is 1.23 bits per heavy atom. The molecule has 8 heteroatoms. The van der Waals surface area contributed by atoms with Crippen molar-refractivity contribution in [3.05, 3.63) is 95.1 Å². The van der Waals surface area contributed by atoms with Gasteiger partial charge in [0.25, 0.3) is 0 Å². The van der Waals surface area contributed by atoms with Gasteiger partial charge in [-0.15, -0.1) is 0 Å². The Labute approximate surface area is 177 Å². The maximum atomic E-state index is 9.43. The van der Waals surface area contributed by atoms with Crippen LogP contribution in [0.4, 0.5) is 0 Å². The van der Waals surface area contributed by atoms with Gasteiger partial charge in [0.1, 0.15) is 0 Å². The van der Waals surface area contributed by atoms with Crippen LogP contribution in [0.15, 0.2) is 72.8 Å². The molecule has 0 aliphatic heterocycles. The normalized spacial score (nSPS) is 10.8. The Hall–Kier alpha value is -2.45. The monoisotopic (exact) mass is 404 g/mol. The molecule has 0 atom stereocenters. The van der Waals surface area contributed by atoms with Crippen LogP contribution in [0, 0.1) is 0 Å². The van der Waals surface area contributed by atoms with Gasteiger partial charge in [0.15, 0.2) is 0 Å². The highest BCUT2D eigenvalue weighted by atomic mass is 16.4. The molecule has 154 valence electrons. The molecule has 0 bridgehead atoms. The molecule has 0 aliphatic rings. The Kier molecular flexibility index (Phi) is 8.21. The zero-order chi connectivity index (χ0) is 21.3. The fourth-order valence-corrected chi connectivity index (χ4v) is 3.35. The van der Waals surface area contributed by atoms with Crippen LogP contribution in [0.1, 0.15) is 22.3 Å². The quantitative estimate of drug-likeness (QED) is 0.258. The van der Waals surface area contributed by atoms with Gasteiger partial charge in [-0.2, -0.15) is 0 Å². The molecule has 30 heavy (non-hydrogen) atoms. The molecule has 6 N–H and O–H groups in total. The zero-order valence-electron chi connectivity index (χ0n) is 16.7. The second kappa shape index (κ2) is 11.1. The van der Waals surface area contributed by atoms with Gasteiger partial charge in [-0.25, -0.2) is 0 Å². The molecule has 0 heterocycles. The van der Waals surface area contributed by atoms with Crippen LogP contribution >= 0.6 is 0 Å². The molecule has 0 saturated heterocycles. The van der Waals surface area contributed by atoms with E-state index in [1.807, 2.05) is 24.3 Å². The van der Waals surface area contributed by atoms with Crippen LogP contribution < -0.4 is 21.6 Å². The summed E-state index contributed by atoms with van der Waals surface area (Å²) in [4.78, 5) is 0. The summed E-state index contributed by atoms with van der Waals surface area (Å²) in [6.07, 6.45) is 0. The van der Waals surface area contributed by atoms with Crippen molar-refractivity contribution in [1.82, 2.24) is 10.6 Å². The van der Waals surface area contributed by atoms with Gasteiger partial charge in [-0.1, -0.05) is 72.8 Å². The molecule has 0 saturated carbocycles. The van der Waals surface area contributed by atoms with E-state index in [0.717, 1.165) is 22.3 Å². The lowest BCUT2D eigenvalue weighted by atomic mass is 9.77. The Morgan fingerprint density at radius 2 is 0.867 bits per heavy atom. The minimum Gasteiger partial charge on any atom is -0.423 e. The SMILES string of the molecule is OB(O)c1ccccc1CNCc1ccc(CNCc2ccccc2B(O)O)cc1. The molecule has 3 rings (SSSR count). The third kappa shape index (κ3) is 6.27. The first-order valence-electron chi connectivity index (χ1n) is 9.91. The minimum atomic E-state index is -1.47. The van der Waals surface area contributed by atoms with Crippen molar-refractivity contribution in [1.29, 1.82) is 0 Å². The maximum Gasteiger partial charge on any atom is 0.488 e. The summed E-state index contributed by atoms with van der Waals surface area (Å²) in [5, 5.41) is 44.4. The number of nitrogens with one attached hydrogen (secondary N) is 2. The van der Waals surface area contributed by atoms with E-state index in [0.29, 0.717) is 37.1 Å². The van der Waals surface area contributed by atoms with Gasteiger partial charge in [0, 0.05) is 26.2 Å². The summed E-state index contributed by atoms with van der Waals surface area (Å²) in [6, 6.07) is 22.7. The van der Waals surface area contributed by atoms with Gasteiger partial charge in [-0.3, -0.25) is 0 Å². The number of rotatable bonds is 10. The zero-order valence-corrected chi connectivity index (χ0v) is 16.7. The minimum absolute atomic E-state index is 0.515. The standard InChI is InChI=1S/C22H26B2N2O4/c27-23(28)21-7-3-1-5-19(21)15-25-13-17-9-11-18(12-10-17)14-26-16-20-6-2-4-8-22(20)24(29)30/h1-12,25-30H,13-16H2. The predicted molar refractivity (Wildman–Crippen MR) is 120 cm³/mol. The Bertz CT molecular complexity index is 860. The number of benzene rings is 3. The molecule has 0 unspecified atom stereocenters. The average Bonchev–Trinajstić information content (AvgIpc) is 2.75. The summed E-state index contributed by atoms with van der Waals surface area (Å²) in [5.41, 5.74) is 5.02. The van der Waals surface area contributed by atoms with Gasteiger partial charge in [-0.05, 0) is 33.2 Å². The van der Waals surface area contributed by atoms with E-state index in [4.69, 9.17) is 0 Å². The van der Waals surface area contributed by atoms with E-state index in [9.17, 15) is 20.1 Å². The lowest BCUT2D eigenvalue weighted by Gasteiger charge is -2.11. The van der Waals surface area contributed by atoms with Crippen LogP contribution in [-0.2, 0) is 26.2 Å². The van der Waals surface area contributed by atoms with Crippen molar-refractivity contribution < 1.29 is 20.1 Å². The molecule has 0 fully saturated rings. The Balaban J connectivity index is 1.47. The summed E-state index contributed by atoms with van der Waals surface area (Å²) in [7, 11) is -2.94. The fourth-order valence-electron chi connectivity index (χ4n) is 3.35. The molecule has 6 nitrogen and oxygen atoms in total. The summed E-state index contributed by atoms with van der Waals surface area (Å²) in [6.45, 7) is 2.44. The smallest absolute Gasteiger partial charge is 0.423 e. The van der Waals surface area contributed by atoms with Crippen LogP contribution in [0.2, 0.25) is 0 Å². The van der Waals surface area contributed by atoms with E-state index in [2.05, 4.69) is 34.9 Å². The van der Waals surface area contributed by atoms with Crippen LogP contribution in [0.5, 0.6) is 0 Å². The van der Waals surface area contributed by atoms with Crippen molar-refractivity contribution in [2.24, 2.45) is 0 Å². The molecule has 0 radical (unpaired) electrons. The van der Waals surface area contributed by atoms with Crippen molar-refractivity contribution in [2.45, 2.75) is 26.2 Å². The summed E-state index contributed by atoms with van der Waals surface area (Å²) in [5.74, 6) is 0. The molecule has 0 spiro atoms. The summed E-state index contributed by atoms with van der Waals surface area (Å²) < 4.78 is 0. The topological polar surface area (TPSA) is 105 Å². The van der Waals surface area contributed by atoms with Gasteiger partial charge in [0.2, 0.25) is 0 Å². The number of hydrogen-bond acceptors (Lipinski definition) is 6. The molecule has 0 amide bonds. The van der Waals surface area contributed by atoms with E-state index in [1.54, 1.807) is 24.3 Å². The molecule has 0 aromatic heterocycles. The van der Waals surface area contributed by atoms with Gasteiger partial charge < -0.3 is 30.7 Å². The molecule has 3 aromatic rings. The third-order valence-corrected chi connectivity index (χ3v) is 4.98. The summed E-state index contributed by atoms with van der Waals surface area (Å²) >= 11 is 0. The lowest BCUT2D eigenvalue weighted by Crippen LogP contribution is -2.34.